The first kappa shape index (κ1) is 16.9. The maximum Gasteiger partial charge on any atom is 0.265 e. The van der Waals surface area contributed by atoms with E-state index in [0.717, 1.165) is 30.2 Å². The molecule has 24 heavy (non-hydrogen) atoms. The monoisotopic (exact) mass is 347 g/mol. The normalized spacial score (nSPS) is 17.7. The lowest BCUT2D eigenvalue weighted by Crippen LogP contribution is -2.27. The van der Waals surface area contributed by atoms with Crippen LogP contribution in [0, 0.1) is 6.92 Å². The topological polar surface area (TPSA) is 75.3 Å². The van der Waals surface area contributed by atoms with Gasteiger partial charge in [0, 0.05) is 31.3 Å². The van der Waals surface area contributed by atoms with Crippen LogP contribution >= 0.6 is 11.3 Å². The molecule has 3 heterocycles. The number of aromatic amines is 1. The van der Waals surface area contributed by atoms with Crippen molar-refractivity contribution in [1.29, 1.82) is 0 Å². The highest BCUT2D eigenvalue weighted by Gasteiger charge is 2.24. The van der Waals surface area contributed by atoms with Gasteiger partial charge >= 0.3 is 0 Å². The van der Waals surface area contributed by atoms with E-state index in [2.05, 4.69) is 9.97 Å². The fraction of sp³-hybridized carbons (Fsp3) is 0.471. The number of aromatic nitrogens is 2. The molecule has 1 N–H and O–H groups in total. The fourth-order valence-corrected chi connectivity index (χ4v) is 3.99. The Hall–Kier alpha value is -1.99. The van der Waals surface area contributed by atoms with Crippen LogP contribution in [0.2, 0.25) is 0 Å². The molecule has 0 saturated carbocycles. The van der Waals surface area contributed by atoms with Crippen molar-refractivity contribution in [1.82, 2.24) is 14.9 Å². The summed E-state index contributed by atoms with van der Waals surface area (Å²) in [4.78, 5) is 33.7. The number of hydrogen-bond acceptors (Lipinski definition) is 5. The summed E-state index contributed by atoms with van der Waals surface area (Å²) in [5.41, 5.74) is 1.31. The van der Waals surface area contributed by atoms with E-state index in [9.17, 15) is 9.59 Å². The molecule has 6 nitrogen and oxygen atoms in total. The number of aryl methyl sites for hydroxylation is 1. The predicted octanol–water partition coefficient (Wildman–Crippen LogP) is 2.31. The van der Waals surface area contributed by atoms with Gasteiger partial charge in [0.15, 0.2) is 0 Å². The number of H-pyrrole nitrogens is 1. The van der Waals surface area contributed by atoms with Gasteiger partial charge in [-0.2, -0.15) is 0 Å². The molecule has 3 rings (SSSR count). The van der Waals surface area contributed by atoms with Gasteiger partial charge in [-0.3, -0.25) is 9.59 Å². The van der Waals surface area contributed by atoms with Gasteiger partial charge in [0.05, 0.1) is 23.9 Å². The third kappa shape index (κ3) is 3.73. The van der Waals surface area contributed by atoms with Crippen molar-refractivity contribution in [2.75, 3.05) is 20.3 Å². The highest BCUT2D eigenvalue weighted by Crippen LogP contribution is 2.31. The first-order valence-electron chi connectivity index (χ1n) is 8.03. The van der Waals surface area contributed by atoms with Gasteiger partial charge in [-0.1, -0.05) is 6.07 Å². The molecule has 7 heteroatoms. The summed E-state index contributed by atoms with van der Waals surface area (Å²) in [5, 5.41) is 0.983. The number of ether oxygens (including phenoxy) is 1. The van der Waals surface area contributed by atoms with Crippen LogP contribution in [-0.4, -0.2) is 41.0 Å². The Labute approximate surface area is 144 Å². The molecule has 1 aliphatic rings. The number of hydrogen-bond donors (Lipinski definition) is 1. The van der Waals surface area contributed by atoms with Crippen LogP contribution in [0.4, 0.5) is 0 Å². The minimum absolute atomic E-state index is 0.0716. The predicted molar refractivity (Wildman–Crippen MR) is 92.5 cm³/mol. The zero-order valence-corrected chi connectivity index (χ0v) is 14.7. The van der Waals surface area contributed by atoms with Crippen molar-refractivity contribution >= 4 is 17.2 Å². The summed E-state index contributed by atoms with van der Waals surface area (Å²) in [6.45, 7) is 3.72. The van der Waals surface area contributed by atoms with E-state index < -0.39 is 0 Å². The lowest BCUT2D eigenvalue weighted by Gasteiger charge is -2.19. The molecule has 2 aromatic heterocycles. The van der Waals surface area contributed by atoms with E-state index in [1.54, 1.807) is 24.1 Å². The zero-order chi connectivity index (χ0) is 17.1. The molecule has 1 amide bonds. The molecule has 0 aliphatic carbocycles. The van der Waals surface area contributed by atoms with Crippen molar-refractivity contribution in [3.05, 3.63) is 49.8 Å². The van der Waals surface area contributed by atoms with Crippen molar-refractivity contribution in [3.63, 3.8) is 0 Å². The lowest BCUT2D eigenvalue weighted by atomic mass is 10.0. The summed E-state index contributed by atoms with van der Waals surface area (Å²) >= 11 is 1.46. The maximum absolute atomic E-state index is 12.7. The molecule has 1 fully saturated rings. The second kappa shape index (κ2) is 7.27. The van der Waals surface area contributed by atoms with Gasteiger partial charge in [-0.05, 0) is 25.8 Å². The maximum atomic E-state index is 12.7. The van der Waals surface area contributed by atoms with E-state index in [1.807, 2.05) is 6.92 Å². The molecule has 1 atom stereocenters. The summed E-state index contributed by atoms with van der Waals surface area (Å²) in [5.74, 6) is 0.220. The largest absolute Gasteiger partial charge is 0.381 e. The molecule has 1 saturated heterocycles. The van der Waals surface area contributed by atoms with Crippen molar-refractivity contribution in [2.45, 2.75) is 32.2 Å². The fourth-order valence-electron chi connectivity index (χ4n) is 2.81. The second-order valence-corrected chi connectivity index (χ2v) is 7.11. The Balaban J connectivity index is 1.74. The molecular weight excluding hydrogens is 326 g/mol. The Morgan fingerprint density at radius 3 is 3.04 bits per heavy atom. The van der Waals surface area contributed by atoms with E-state index in [1.165, 1.54) is 17.4 Å². The SMILES string of the molecule is Cc1nc(C2CCCOC2)sc1C(=O)N(C)Cc1cccc(=O)[nH]1. The summed E-state index contributed by atoms with van der Waals surface area (Å²) in [6.07, 6.45) is 2.09. The van der Waals surface area contributed by atoms with Gasteiger partial charge in [0.25, 0.3) is 5.91 Å². The molecule has 0 radical (unpaired) electrons. The highest BCUT2D eigenvalue weighted by molar-refractivity contribution is 7.13. The number of carbonyl (C=O) groups excluding carboxylic acids is 1. The quantitative estimate of drug-likeness (QED) is 0.921. The van der Waals surface area contributed by atoms with E-state index in [-0.39, 0.29) is 11.5 Å². The van der Waals surface area contributed by atoms with Gasteiger partial charge < -0.3 is 14.6 Å². The van der Waals surface area contributed by atoms with Crippen molar-refractivity contribution in [3.8, 4) is 0 Å². The lowest BCUT2D eigenvalue weighted by molar-refractivity contribution is 0.0787. The van der Waals surface area contributed by atoms with Crippen LogP contribution < -0.4 is 5.56 Å². The molecule has 1 aliphatic heterocycles. The number of pyridine rings is 1. The van der Waals surface area contributed by atoms with E-state index >= 15 is 0 Å². The first-order chi connectivity index (χ1) is 11.5. The Morgan fingerprint density at radius 1 is 1.50 bits per heavy atom. The summed E-state index contributed by atoms with van der Waals surface area (Å²) in [7, 11) is 1.73. The van der Waals surface area contributed by atoms with Crippen LogP contribution in [0.25, 0.3) is 0 Å². The smallest absolute Gasteiger partial charge is 0.265 e. The molecule has 0 spiro atoms. The van der Waals surface area contributed by atoms with E-state index in [0.29, 0.717) is 29.6 Å². The van der Waals surface area contributed by atoms with Crippen molar-refractivity contribution < 1.29 is 9.53 Å². The third-order valence-corrected chi connectivity index (χ3v) is 5.41. The highest BCUT2D eigenvalue weighted by atomic mass is 32.1. The molecule has 2 aromatic rings. The minimum Gasteiger partial charge on any atom is -0.381 e. The minimum atomic E-state index is -0.165. The number of thiazole rings is 1. The van der Waals surface area contributed by atoms with Crippen LogP contribution in [0.1, 0.15) is 44.8 Å². The van der Waals surface area contributed by atoms with Crippen molar-refractivity contribution in [2.24, 2.45) is 0 Å². The molecule has 0 aromatic carbocycles. The van der Waals surface area contributed by atoms with Crippen LogP contribution in [0.3, 0.4) is 0 Å². The summed E-state index contributed by atoms with van der Waals surface area (Å²) < 4.78 is 5.52. The Kier molecular flexibility index (Phi) is 5.11. The Morgan fingerprint density at radius 2 is 2.33 bits per heavy atom. The number of rotatable bonds is 4. The average molecular weight is 347 g/mol. The second-order valence-electron chi connectivity index (χ2n) is 6.08. The van der Waals surface area contributed by atoms with E-state index in [4.69, 9.17) is 4.74 Å². The third-order valence-electron chi connectivity index (χ3n) is 4.10. The van der Waals surface area contributed by atoms with Crippen LogP contribution in [0.5, 0.6) is 0 Å². The van der Waals surface area contributed by atoms with Gasteiger partial charge in [-0.15, -0.1) is 11.3 Å². The molecule has 1 unspecified atom stereocenters. The molecule has 128 valence electrons. The summed E-state index contributed by atoms with van der Waals surface area (Å²) in [6, 6.07) is 4.94. The molecule has 0 bridgehead atoms. The number of carbonyl (C=O) groups is 1. The standard InChI is InChI=1S/C17H21N3O3S/c1-11-15(24-16(18-11)12-5-4-8-23-10-12)17(22)20(2)9-13-6-3-7-14(21)19-13/h3,6-7,12H,4-5,8-10H2,1-2H3,(H,19,21). The number of nitrogens with zero attached hydrogens (tertiary/aromatic N) is 2. The van der Waals surface area contributed by atoms with Crippen LogP contribution in [0.15, 0.2) is 23.0 Å². The Bertz CT molecular complexity index is 777. The average Bonchev–Trinajstić information content (AvgIpc) is 2.97. The first-order valence-corrected chi connectivity index (χ1v) is 8.85. The van der Waals surface area contributed by atoms with Gasteiger partial charge in [0.2, 0.25) is 5.56 Å². The van der Waals surface area contributed by atoms with Gasteiger partial charge in [-0.25, -0.2) is 4.98 Å². The number of nitrogens with one attached hydrogen (secondary N) is 1. The van der Waals surface area contributed by atoms with Gasteiger partial charge in [0.1, 0.15) is 4.88 Å². The number of amides is 1. The molecular formula is C17H21N3O3S. The van der Waals surface area contributed by atoms with Crippen LogP contribution in [-0.2, 0) is 11.3 Å². The zero-order valence-electron chi connectivity index (χ0n) is 13.9.